The molecular formula is C16H22N2O3S. The number of hydrogen-bond acceptors (Lipinski definition) is 3. The molecule has 0 unspecified atom stereocenters. The minimum Gasteiger partial charge on any atom is -0.495 e. The van der Waals surface area contributed by atoms with E-state index >= 15 is 0 Å². The molecule has 2 rings (SSSR count). The Morgan fingerprint density at radius 3 is 2.41 bits per heavy atom. The van der Waals surface area contributed by atoms with Crippen molar-refractivity contribution in [3.63, 3.8) is 0 Å². The summed E-state index contributed by atoms with van der Waals surface area (Å²) < 4.78 is 34.9. The second kappa shape index (κ2) is 6.14. The molecule has 0 aliphatic heterocycles. The summed E-state index contributed by atoms with van der Waals surface area (Å²) in [4.78, 5) is 0.167. The number of ether oxygens (including phenoxy) is 1. The first-order chi connectivity index (χ1) is 10.3. The van der Waals surface area contributed by atoms with Crippen LogP contribution in [0.1, 0.15) is 22.5 Å². The third-order valence-electron chi connectivity index (χ3n) is 3.94. The summed E-state index contributed by atoms with van der Waals surface area (Å²) in [5.74, 6) is 0.346. The molecule has 0 atom stereocenters. The third kappa shape index (κ3) is 3.18. The smallest absolute Gasteiger partial charge is 0.244 e. The summed E-state index contributed by atoms with van der Waals surface area (Å²) in [5, 5.41) is 0. The van der Waals surface area contributed by atoms with E-state index in [0.717, 1.165) is 22.5 Å². The van der Waals surface area contributed by atoms with Gasteiger partial charge < -0.3 is 9.30 Å². The number of rotatable bonds is 5. The summed E-state index contributed by atoms with van der Waals surface area (Å²) >= 11 is 0. The maximum atomic E-state index is 12.5. The number of nitrogens with one attached hydrogen (secondary N) is 1. The van der Waals surface area contributed by atoms with Crippen LogP contribution in [0.3, 0.4) is 0 Å². The lowest BCUT2D eigenvalue weighted by molar-refractivity contribution is 0.402. The van der Waals surface area contributed by atoms with Crippen LogP contribution in [0.15, 0.2) is 29.2 Å². The number of benzene rings is 1. The number of hydrogen-bond donors (Lipinski definition) is 1. The first kappa shape index (κ1) is 16.6. The van der Waals surface area contributed by atoms with E-state index in [1.165, 1.54) is 7.11 Å². The maximum Gasteiger partial charge on any atom is 0.244 e. The van der Waals surface area contributed by atoms with Crippen molar-refractivity contribution in [1.82, 2.24) is 9.29 Å². The van der Waals surface area contributed by atoms with Gasteiger partial charge >= 0.3 is 0 Å². The molecule has 1 aromatic carbocycles. The van der Waals surface area contributed by atoms with E-state index in [1.807, 2.05) is 44.5 Å². The lowest BCUT2D eigenvalue weighted by atomic mass is 10.2. The molecule has 0 amide bonds. The van der Waals surface area contributed by atoms with E-state index < -0.39 is 10.0 Å². The van der Waals surface area contributed by atoms with Gasteiger partial charge in [0.2, 0.25) is 10.0 Å². The van der Waals surface area contributed by atoms with Gasteiger partial charge in [0.25, 0.3) is 0 Å². The molecule has 1 N–H and O–H groups in total. The van der Waals surface area contributed by atoms with Crippen molar-refractivity contribution in [3.8, 4) is 5.75 Å². The van der Waals surface area contributed by atoms with Crippen molar-refractivity contribution in [3.05, 3.63) is 46.8 Å². The Labute approximate surface area is 132 Å². The Hall–Kier alpha value is -1.79. The standard InChI is InChI=1S/C16H22N2O3S/c1-11-6-7-15(21-5)16(8-11)22(19,20)17-10-14-9-12(2)18(4)13(14)3/h6-9,17H,10H2,1-5H3. The minimum atomic E-state index is -3.63. The van der Waals surface area contributed by atoms with Gasteiger partial charge in [-0.05, 0) is 50.1 Å². The highest BCUT2D eigenvalue weighted by atomic mass is 32.2. The molecule has 0 saturated carbocycles. The van der Waals surface area contributed by atoms with Crippen LogP contribution in [0.4, 0.5) is 0 Å². The number of nitrogens with zero attached hydrogens (tertiary/aromatic N) is 1. The highest BCUT2D eigenvalue weighted by molar-refractivity contribution is 7.89. The Bertz CT molecular complexity index is 792. The molecule has 0 aliphatic carbocycles. The van der Waals surface area contributed by atoms with E-state index in [9.17, 15) is 8.42 Å². The molecule has 0 bridgehead atoms. The zero-order valence-corrected chi connectivity index (χ0v) is 14.4. The van der Waals surface area contributed by atoms with Crippen molar-refractivity contribution in [2.45, 2.75) is 32.2 Å². The number of aromatic nitrogens is 1. The highest BCUT2D eigenvalue weighted by Crippen LogP contribution is 2.25. The zero-order valence-electron chi connectivity index (χ0n) is 13.6. The summed E-state index contributed by atoms with van der Waals surface area (Å²) in [6.07, 6.45) is 0. The number of methoxy groups -OCH3 is 1. The molecule has 1 heterocycles. The zero-order chi connectivity index (χ0) is 16.5. The van der Waals surface area contributed by atoms with E-state index in [4.69, 9.17) is 4.74 Å². The fourth-order valence-electron chi connectivity index (χ4n) is 2.36. The molecule has 6 heteroatoms. The molecule has 22 heavy (non-hydrogen) atoms. The Balaban J connectivity index is 2.28. The normalized spacial score (nSPS) is 11.7. The van der Waals surface area contributed by atoms with Crippen LogP contribution < -0.4 is 9.46 Å². The van der Waals surface area contributed by atoms with Crippen molar-refractivity contribution < 1.29 is 13.2 Å². The lowest BCUT2D eigenvalue weighted by Crippen LogP contribution is -2.24. The van der Waals surface area contributed by atoms with Crippen molar-refractivity contribution in [2.24, 2.45) is 7.05 Å². The van der Waals surface area contributed by atoms with Crippen LogP contribution in [-0.4, -0.2) is 20.1 Å². The fraction of sp³-hybridized carbons (Fsp3) is 0.375. The lowest BCUT2D eigenvalue weighted by Gasteiger charge is -2.11. The molecule has 5 nitrogen and oxygen atoms in total. The van der Waals surface area contributed by atoms with Crippen LogP contribution in [0.25, 0.3) is 0 Å². The van der Waals surface area contributed by atoms with E-state index in [0.29, 0.717) is 5.75 Å². The maximum absolute atomic E-state index is 12.5. The topological polar surface area (TPSA) is 60.3 Å². The molecule has 0 aliphatic rings. The van der Waals surface area contributed by atoms with Gasteiger partial charge in [0.1, 0.15) is 10.6 Å². The van der Waals surface area contributed by atoms with Gasteiger partial charge in [-0.15, -0.1) is 0 Å². The van der Waals surface area contributed by atoms with Crippen molar-refractivity contribution >= 4 is 10.0 Å². The average molecular weight is 322 g/mol. The Kier molecular flexibility index (Phi) is 4.63. The molecule has 0 fully saturated rings. The molecule has 2 aromatic rings. The fourth-order valence-corrected chi connectivity index (χ4v) is 3.62. The number of sulfonamides is 1. The monoisotopic (exact) mass is 322 g/mol. The average Bonchev–Trinajstić information content (AvgIpc) is 2.72. The highest BCUT2D eigenvalue weighted by Gasteiger charge is 2.20. The van der Waals surface area contributed by atoms with Crippen LogP contribution in [0.5, 0.6) is 5.75 Å². The Morgan fingerprint density at radius 2 is 1.86 bits per heavy atom. The van der Waals surface area contributed by atoms with Crippen molar-refractivity contribution in [1.29, 1.82) is 0 Å². The van der Waals surface area contributed by atoms with Crippen LogP contribution in [-0.2, 0) is 23.6 Å². The quantitative estimate of drug-likeness (QED) is 0.920. The predicted molar refractivity (Wildman–Crippen MR) is 86.6 cm³/mol. The predicted octanol–water partition coefficient (Wildman–Crippen LogP) is 2.44. The van der Waals surface area contributed by atoms with Crippen LogP contribution in [0, 0.1) is 20.8 Å². The second-order valence-electron chi connectivity index (χ2n) is 5.43. The largest absolute Gasteiger partial charge is 0.495 e. The van der Waals surface area contributed by atoms with Crippen LogP contribution >= 0.6 is 0 Å². The van der Waals surface area contributed by atoms with Gasteiger partial charge in [-0.25, -0.2) is 13.1 Å². The summed E-state index contributed by atoms with van der Waals surface area (Å²) in [6, 6.07) is 7.10. The molecule has 0 radical (unpaired) electrons. The van der Waals surface area contributed by atoms with E-state index in [1.54, 1.807) is 12.1 Å². The SMILES string of the molecule is COc1ccc(C)cc1S(=O)(=O)NCc1cc(C)n(C)c1C. The summed E-state index contributed by atoms with van der Waals surface area (Å²) in [7, 11) is -0.197. The molecule has 1 aromatic heterocycles. The number of aryl methyl sites for hydroxylation is 2. The van der Waals surface area contributed by atoms with Gasteiger partial charge in [-0.3, -0.25) is 0 Å². The molecule has 0 spiro atoms. The first-order valence-corrected chi connectivity index (χ1v) is 8.50. The van der Waals surface area contributed by atoms with E-state index in [-0.39, 0.29) is 11.4 Å². The summed E-state index contributed by atoms with van der Waals surface area (Å²) in [6.45, 7) is 6.08. The van der Waals surface area contributed by atoms with Gasteiger partial charge in [-0.2, -0.15) is 0 Å². The second-order valence-corrected chi connectivity index (χ2v) is 7.17. The van der Waals surface area contributed by atoms with Gasteiger partial charge in [0.15, 0.2) is 0 Å². The van der Waals surface area contributed by atoms with Gasteiger partial charge in [0.05, 0.1) is 7.11 Å². The first-order valence-electron chi connectivity index (χ1n) is 7.02. The van der Waals surface area contributed by atoms with Gasteiger partial charge in [0, 0.05) is 25.0 Å². The molecule has 0 saturated heterocycles. The molecular weight excluding hydrogens is 300 g/mol. The Morgan fingerprint density at radius 1 is 1.18 bits per heavy atom. The van der Waals surface area contributed by atoms with E-state index in [2.05, 4.69) is 4.72 Å². The molecule has 120 valence electrons. The summed E-state index contributed by atoms with van der Waals surface area (Å²) in [5.41, 5.74) is 3.99. The van der Waals surface area contributed by atoms with Crippen molar-refractivity contribution in [2.75, 3.05) is 7.11 Å². The van der Waals surface area contributed by atoms with Gasteiger partial charge in [-0.1, -0.05) is 6.07 Å². The third-order valence-corrected chi connectivity index (χ3v) is 5.36. The van der Waals surface area contributed by atoms with Crippen LogP contribution in [0.2, 0.25) is 0 Å². The minimum absolute atomic E-state index is 0.167.